The number of hydrogen-bond donors (Lipinski definition) is 0. The van der Waals surface area contributed by atoms with Crippen LogP contribution in [0.15, 0.2) is 51.1 Å². The molecule has 3 nitrogen and oxygen atoms in total. The number of fused-ring (bicyclic) bond motifs is 2. The average molecular weight is 353 g/mol. The standard InChI is InChI=1S/C16H13ClO3S2/c1-2-9-21-12-8-7-11-15(18)10-5-3-4-6-13(10)22(19,20)16(11)14(12)17/h3-8H,2,9H2,1H3. The van der Waals surface area contributed by atoms with E-state index in [-0.39, 0.29) is 31.7 Å². The maximum absolute atomic E-state index is 12.8. The third-order valence-corrected chi connectivity index (χ3v) is 7.23. The lowest BCUT2D eigenvalue weighted by Gasteiger charge is -2.20. The summed E-state index contributed by atoms with van der Waals surface area (Å²) in [6.45, 7) is 2.04. The molecule has 0 aromatic heterocycles. The van der Waals surface area contributed by atoms with Gasteiger partial charge >= 0.3 is 0 Å². The molecule has 3 rings (SSSR count). The van der Waals surface area contributed by atoms with Crippen molar-refractivity contribution in [1.82, 2.24) is 0 Å². The minimum atomic E-state index is -3.78. The van der Waals surface area contributed by atoms with Crippen molar-refractivity contribution in [2.75, 3.05) is 5.75 Å². The maximum Gasteiger partial charge on any atom is 0.209 e. The quantitative estimate of drug-likeness (QED) is 0.662. The largest absolute Gasteiger partial charge is 0.289 e. The minimum absolute atomic E-state index is 0.0343. The zero-order chi connectivity index (χ0) is 15.9. The van der Waals surface area contributed by atoms with E-state index in [9.17, 15) is 13.2 Å². The fourth-order valence-electron chi connectivity index (χ4n) is 2.45. The number of sulfone groups is 1. The normalized spacial score (nSPS) is 15.3. The van der Waals surface area contributed by atoms with E-state index >= 15 is 0 Å². The molecular weight excluding hydrogens is 340 g/mol. The van der Waals surface area contributed by atoms with Gasteiger partial charge in [0.1, 0.15) is 4.90 Å². The first-order chi connectivity index (χ1) is 10.5. The topological polar surface area (TPSA) is 51.2 Å². The molecule has 1 aliphatic rings. The Balaban J connectivity index is 2.28. The van der Waals surface area contributed by atoms with Crippen LogP contribution in [0, 0.1) is 0 Å². The Bertz CT molecular complexity index is 873. The molecule has 0 fully saturated rings. The molecule has 6 heteroatoms. The Morgan fingerprint density at radius 3 is 2.55 bits per heavy atom. The molecule has 1 heterocycles. The van der Waals surface area contributed by atoms with Crippen molar-refractivity contribution in [3.63, 3.8) is 0 Å². The first kappa shape index (κ1) is 15.6. The summed E-state index contributed by atoms with van der Waals surface area (Å²) in [6, 6.07) is 9.54. The zero-order valence-electron chi connectivity index (χ0n) is 11.8. The molecule has 22 heavy (non-hydrogen) atoms. The van der Waals surface area contributed by atoms with Gasteiger partial charge in [0.25, 0.3) is 0 Å². The summed E-state index contributed by atoms with van der Waals surface area (Å²) >= 11 is 7.82. The van der Waals surface area contributed by atoms with Crippen molar-refractivity contribution in [3.8, 4) is 0 Å². The molecular formula is C16H13ClO3S2. The molecule has 114 valence electrons. The van der Waals surface area contributed by atoms with Crippen LogP contribution in [0.4, 0.5) is 0 Å². The Hall–Kier alpha value is -1.30. The molecule has 2 aromatic rings. The number of benzene rings is 2. The van der Waals surface area contributed by atoms with Crippen molar-refractivity contribution in [2.24, 2.45) is 0 Å². The van der Waals surface area contributed by atoms with E-state index in [0.717, 1.165) is 12.2 Å². The molecule has 0 spiro atoms. The molecule has 0 atom stereocenters. The first-order valence-corrected chi connectivity index (χ1v) is 9.67. The van der Waals surface area contributed by atoms with Crippen LogP contribution in [0.5, 0.6) is 0 Å². The van der Waals surface area contributed by atoms with Crippen LogP contribution in [-0.2, 0) is 9.84 Å². The second-order valence-electron chi connectivity index (χ2n) is 4.93. The molecule has 0 bridgehead atoms. The van der Waals surface area contributed by atoms with Gasteiger partial charge < -0.3 is 0 Å². The molecule has 2 aromatic carbocycles. The number of hydrogen-bond acceptors (Lipinski definition) is 4. The van der Waals surface area contributed by atoms with E-state index in [1.165, 1.54) is 23.9 Å². The molecule has 0 saturated carbocycles. The minimum Gasteiger partial charge on any atom is -0.289 e. The van der Waals surface area contributed by atoms with E-state index in [2.05, 4.69) is 0 Å². The maximum atomic E-state index is 12.8. The Morgan fingerprint density at radius 2 is 1.82 bits per heavy atom. The number of ketones is 1. The van der Waals surface area contributed by atoms with Crippen LogP contribution in [0.2, 0.25) is 5.02 Å². The molecule has 0 N–H and O–H groups in total. The third-order valence-electron chi connectivity index (χ3n) is 3.46. The summed E-state index contributed by atoms with van der Waals surface area (Å²) in [5, 5.41) is 0.152. The van der Waals surface area contributed by atoms with Gasteiger partial charge in [-0.25, -0.2) is 8.42 Å². The van der Waals surface area contributed by atoms with Crippen molar-refractivity contribution >= 4 is 39.0 Å². The van der Waals surface area contributed by atoms with Gasteiger partial charge in [-0.2, -0.15) is 0 Å². The van der Waals surface area contributed by atoms with E-state index < -0.39 is 9.84 Å². The summed E-state index contributed by atoms with van der Waals surface area (Å²) in [6.07, 6.45) is 0.951. The lowest BCUT2D eigenvalue weighted by atomic mass is 10.0. The van der Waals surface area contributed by atoms with Crippen molar-refractivity contribution in [2.45, 2.75) is 28.0 Å². The smallest absolute Gasteiger partial charge is 0.209 e. The zero-order valence-corrected chi connectivity index (χ0v) is 14.2. The van der Waals surface area contributed by atoms with Gasteiger partial charge in [-0.05, 0) is 36.4 Å². The van der Waals surface area contributed by atoms with E-state index in [1.54, 1.807) is 24.3 Å². The SMILES string of the molecule is CCCSc1ccc2c(c1Cl)S(=O)(=O)c1ccccc1C2=O. The lowest BCUT2D eigenvalue weighted by Crippen LogP contribution is -2.20. The Morgan fingerprint density at radius 1 is 1.09 bits per heavy atom. The first-order valence-electron chi connectivity index (χ1n) is 6.82. The summed E-state index contributed by atoms with van der Waals surface area (Å²) in [4.78, 5) is 13.2. The Labute approximate surface area is 138 Å². The van der Waals surface area contributed by atoms with Gasteiger partial charge in [-0.3, -0.25) is 4.79 Å². The second-order valence-corrected chi connectivity index (χ2v) is 8.30. The summed E-state index contributed by atoms with van der Waals surface area (Å²) < 4.78 is 25.7. The van der Waals surface area contributed by atoms with Gasteiger partial charge in [0.05, 0.1) is 9.92 Å². The van der Waals surface area contributed by atoms with Gasteiger partial charge in [-0.15, -0.1) is 11.8 Å². The van der Waals surface area contributed by atoms with E-state index in [1.807, 2.05) is 6.92 Å². The van der Waals surface area contributed by atoms with Crippen LogP contribution in [0.3, 0.4) is 0 Å². The van der Waals surface area contributed by atoms with Gasteiger partial charge in [-0.1, -0.05) is 30.7 Å². The average Bonchev–Trinajstić information content (AvgIpc) is 2.51. The summed E-state index contributed by atoms with van der Waals surface area (Å²) in [5.41, 5.74) is 0.365. The summed E-state index contributed by atoms with van der Waals surface area (Å²) in [7, 11) is -3.78. The molecule has 0 radical (unpaired) electrons. The number of carbonyl (C=O) groups excluding carboxylic acids is 1. The van der Waals surface area contributed by atoms with Gasteiger partial charge in [0.15, 0.2) is 5.78 Å². The third kappa shape index (κ3) is 2.28. The van der Waals surface area contributed by atoms with Gasteiger partial charge in [0, 0.05) is 16.0 Å². The van der Waals surface area contributed by atoms with Crippen LogP contribution >= 0.6 is 23.4 Å². The highest BCUT2D eigenvalue weighted by Crippen LogP contribution is 2.42. The Kier molecular flexibility index (Phi) is 4.05. The lowest BCUT2D eigenvalue weighted by molar-refractivity contribution is 0.103. The van der Waals surface area contributed by atoms with Crippen molar-refractivity contribution in [1.29, 1.82) is 0 Å². The number of thioether (sulfide) groups is 1. The highest BCUT2D eigenvalue weighted by molar-refractivity contribution is 7.99. The highest BCUT2D eigenvalue weighted by Gasteiger charge is 2.37. The van der Waals surface area contributed by atoms with Crippen LogP contribution in [-0.4, -0.2) is 20.0 Å². The number of carbonyl (C=O) groups is 1. The molecule has 1 aliphatic heterocycles. The fraction of sp³-hybridized carbons (Fsp3) is 0.188. The monoisotopic (exact) mass is 352 g/mol. The van der Waals surface area contributed by atoms with Crippen LogP contribution in [0.25, 0.3) is 0 Å². The predicted molar refractivity (Wildman–Crippen MR) is 87.8 cm³/mol. The summed E-state index contributed by atoms with van der Waals surface area (Å²) in [5.74, 6) is 0.540. The van der Waals surface area contributed by atoms with Crippen LogP contribution in [0.1, 0.15) is 29.3 Å². The fourth-order valence-corrected chi connectivity index (χ4v) is 5.69. The number of halogens is 1. The van der Waals surface area contributed by atoms with Crippen LogP contribution < -0.4 is 0 Å². The number of rotatable bonds is 3. The second kappa shape index (κ2) is 5.72. The van der Waals surface area contributed by atoms with E-state index in [4.69, 9.17) is 11.6 Å². The molecule has 0 saturated heterocycles. The molecule has 0 amide bonds. The van der Waals surface area contributed by atoms with Crippen molar-refractivity contribution in [3.05, 3.63) is 52.5 Å². The molecule has 0 aliphatic carbocycles. The highest BCUT2D eigenvalue weighted by atomic mass is 35.5. The predicted octanol–water partition coefficient (Wildman–Crippen LogP) is 4.22. The van der Waals surface area contributed by atoms with Crippen molar-refractivity contribution < 1.29 is 13.2 Å². The van der Waals surface area contributed by atoms with E-state index in [0.29, 0.717) is 4.90 Å². The van der Waals surface area contributed by atoms with Gasteiger partial charge in [0.2, 0.25) is 9.84 Å². The molecule has 0 unspecified atom stereocenters.